The SMILES string of the molecule is Cc1cc(/N=c2\ncc3cc(-c4cc(NS(=O)(=O)Cc5cc(C(F)(F)F)ccn5)ccc4C)c4n(c-3n2)CCN4)n(C)n1. The van der Waals surface area contributed by atoms with Crippen molar-refractivity contribution >= 4 is 27.3 Å². The highest BCUT2D eigenvalue weighted by Gasteiger charge is 2.31. The van der Waals surface area contributed by atoms with Gasteiger partial charge in [0.05, 0.1) is 17.0 Å². The second-order valence-electron chi connectivity index (χ2n) is 10.2. The maximum atomic E-state index is 13.1. The number of rotatable bonds is 6. The monoisotopic (exact) mass is 609 g/mol. The van der Waals surface area contributed by atoms with Gasteiger partial charge in [-0.2, -0.15) is 28.2 Å². The molecule has 0 unspecified atom stereocenters. The molecule has 0 saturated heterocycles. The molecule has 0 spiro atoms. The first-order valence-electron chi connectivity index (χ1n) is 13.2. The van der Waals surface area contributed by atoms with Crippen LogP contribution in [0.25, 0.3) is 22.5 Å². The van der Waals surface area contributed by atoms with Crippen LogP contribution in [0.1, 0.15) is 22.5 Å². The fourth-order valence-electron chi connectivity index (χ4n) is 5.04. The molecule has 3 aliphatic rings. The quantitative estimate of drug-likeness (QED) is 0.292. The fourth-order valence-corrected chi connectivity index (χ4v) is 6.15. The molecule has 2 aromatic heterocycles. The van der Waals surface area contributed by atoms with Gasteiger partial charge in [-0.1, -0.05) is 6.07 Å². The van der Waals surface area contributed by atoms with Crippen molar-refractivity contribution in [2.75, 3.05) is 16.6 Å². The number of anilines is 2. The molecule has 6 rings (SSSR count). The average Bonchev–Trinajstić information content (AvgIpc) is 3.55. The number of nitrogens with one attached hydrogen (secondary N) is 2. The first kappa shape index (κ1) is 28.3. The van der Waals surface area contributed by atoms with Gasteiger partial charge >= 0.3 is 6.18 Å². The predicted octanol–water partition coefficient (Wildman–Crippen LogP) is 4.41. The number of fused-ring (bicyclic) bond motifs is 3. The zero-order valence-electron chi connectivity index (χ0n) is 23.3. The molecule has 0 atom stereocenters. The minimum atomic E-state index is -4.60. The van der Waals surface area contributed by atoms with Crippen molar-refractivity contribution in [2.24, 2.45) is 12.0 Å². The largest absolute Gasteiger partial charge is 0.416 e. The summed E-state index contributed by atoms with van der Waals surface area (Å²) in [5, 5.41) is 7.71. The summed E-state index contributed by atoms with van der Waals surface area (Å²) in [7, 11) is -2.28. The Bertz CT molecular complexity index is 2020. The van der Waals surface area contributed by atoms with Crippen LogP contribution in [0, 0.1) is 13.8 Å². The summed E-state index contributed by atoms with van der Waals surface area (Å²) in [5.74, 6) is 1.42. The van der Waals surface area contributed by atoms with E-state index in [-0.39, 0.29) is 11.4 Å². The van der Waals surface area contributed by atoms with Crippen molar-refractivity contribution in [3.05, 3.63) is 83.0 Å². The van der Waals surface area contributed by atoms with Crippen molar-refractivity contribution in [3.8, 4) is 22.5 Å². The van der Waals surface area contributed by atoms with E-state index in [1.807, 2.05) is 30.5 Å². The molecule has 1 aromatic carbocycles. The van der Waals surface area contributed by atoms with Gasteiger partial charge in [0.2, 0.25) is 10.0 Å². The number of pyridine rings is 2. The van der Waals surface area contributed by atoms with Crippen LogP contribution in [0.3, 0.4) is 0 Å². The Labute approximate surface area is 244 Å². The van der Waals surface area contributed by atoms with Crippen LogP contribution in [-0.4, -0.2) is 44.3 Å². The smallest absolute Gasteiger partial charge is 0.369 e. The Kier molecular flexibility index (Phi) is 6.91. The maximum absolute atomic E-state index is 13.1. The second kappa shape index (κ2) is 10.5. The third kappa shape index (κ3) is 5.80. The molecule has 0 bridgehead atoms. The number of aromatic nitrogens is 6. The number of nitrogens with zero attached hydrogens (tertiary/aromatic N) is 7. The number of halogens is 3. The molecule has 5 heterocycles. The van der Waals surface area contributed by atoms with Gasteiger partial charge in [-0.25, -0.2) is 13.4 Å². The average molecular weight is 610 g/mol. The summed E-state index contributed by atoms with van der Waals surface area (Å²) in [6.07, 6.45) is -1.96. The number of benzene rings is 1. The highest BCUT2D eigenvalue weighted by atomic mass is 32.2. The molecule has 0 aliphatic carbocycles. The molecule has 0 saturated carbocycles. The standard InChI is InChI=1S/C28H26F3N9O2S/c1-16-4-5-20(38-43(41,42)15-21-12-19(6-7-32-21)28(29,30)31)13-22(16)23-11-18-14-34-27(35-24-10-17(2)37-39(24)3)36-25(18)40-9-8-33-26(23)40/h4-7,10-14,33,38H,8-9,15H2,1-3H3/b35-27+. The maximum Gasteiger partial charge on any atom is 0.416 e. The lowest BCUT2D eigenvalue weighted by molar-refractivity contribution is -0.137. The molecule has 11 nitrogen and oxygen atoms in total. The van der Waals surface area contributed by atoms with Crippen LogP contribution < -0.4 is 15.7 Å². The van der Waals surface area contributed by atoms with E-state index in [9.17, 15) is 21.6 Å². The molecular weight excluding hydrogens is 583 g/mol. The topological polar surface area (TPSA) is 132 Å². The van der Waals surface area contributed by atoms with Gasteiger partial charge in [-0.05, 0) is 55.3 Å². The number of hydrogen-bond donors (Lipinski definition) is 2. The van der Waals surface area contributed by atoms with Gasteiger partial charge < -0.3 is 9.88 Å². The zero-order valence-corrected chi connectivity index (χ0v) is 24.1. The minimum absolute atomic E-state index is 0.216. The van der Waals surface area contributed by atoms with Crippen LogP contribution >= 0.6 is 0 Å². The first-order chi connectivity index (χ1) is 20.4. The van der Waals surface area contributed by atoms with Crippen molar-refractivity contribution in [3.63, 3.8) is 0 Å². The fraction of sp³-hybridized carbons (Fsp3) is 0.250. The molecular formula is C28H26F3N9O2S. The lowest BCUT2D eigenvalue weighted by Crippen LogP contribution is -2.18. The van der Waals surface area contributed by atoms with Gasteiger partial charge in [-0.15, -0.1) is 0 Å². The molecule has 3 aromatic rings. The third-order valence-electron chi connectivity index (χ3n) is 6.97. The Morgan fingerprint density at radius 2 is 1.88 bits per heavy atom. The van der Waals surface area contributed by atoms with E-state index in [1.54, 1.807) is 36.1 Å². The van der Waals surface area contributed by atoms with Gasteiger partial charge in [-0.3, -0.25) is 14.4 Å². The Hall–Kier alpha value is -4.79. The van der Waals surface area contributed by atoms with E-state index in [2.05, 4.69) is 30.1 Å². The molecule has 43 heavy (non-hydrogen) atoms. The summed E-state index contributed by atoms with van der Waals surface area (Å²) < 4.78 is 71.3. The summed E-state index contributed by atoms with van der Waals surface area (Å²) >= 11 is 0. The lowest BCUT2D eigenvalue weighted by Gasteiger charge is -2.19. The van der Waals surface area contributed by atoms with E-state index in [0.29, 0.717) is 30.3 Å². The van der Waals surface area contributed by atoms with Crippen LogP contribution in [0.15, 0.2) is 59.9 Å². The van der Waals surface area contributed by atoms with Crippen molar-refractivity contribution in [1.29, 1.82) is 0 Å². The van der Waals surface area contributed by atoms with Crippen molar-refractivity contribution in [1.82, 2.24) is 29.3 Å². The normalized spacial score (nSPS) is 13.8. The highest BCUT2D eigenvalue weighted by Crippen LogP contribution is 2.39. The van der Waals surface area contributed by atoms with E-state index in [1.165, 1.54) is 0 Å². The molecule has 15 heteroatoms. The Balaban J connectivity index is 1.35. The Morgan fingerprint density at radius 3 is 2.63 bits per heavy atom. The van der Waals surface area contributed by atoms with Crippen molar-refractivity contribution in [2.45, 2.75) is 32.3 Å². The molecule has 0 radical (unpaired) electrons. The van der Waals surface area contributed by atoms with E-state index >= 15 is 0 Å². The summed E-state index contributed by atoms with van der Waals surface area (Å²) in [4.78, 5) is 17.5. The van der Waals surface area contributed by atoms with Crippen LogP contribution in [0.2, 0.25) is 0 Å². The number of sulfonamides is 1. The summed E-state index contributed by atoms with van der Waals surface area (Å²) in [6.45, 7) is 5.10. The van der Waals surface area contributed by atoms with Crippen LogP contribution in [0.5, 0.6) is 0 Å². The molecule has 3 aliphatic heterocycles. The summed E-state index contributed by atoms with van der Waals surface area (Å²) in [6, 6.07) is 10.4. The summed E-state index contributed by atoms with van der Waals surface area (Å²) in [5.41, 5.74) is 3.45. The molecule has 2 N–H and O–H groups in total. The van der Waals surface area contributed by atoms with Gasteiger partial charge in [0.1, 0.15) is 17.4 Å². The third-order valence-corrected chi connectivity index (χ3v) is 8.19. The Morgan fingerprint density at radius 1 is 1.07 bits per heavy atom. The number of aryl methyl sites for hydroxylation is 3. The van der Waals surface area contributed by atoms with E-state index in [0.717, 1.165) is 52.1 Å². The van der Waals surface area contributed by atoms with Crippen molar-refractivity contribution < 1.29 is 21.6 Å². The highest BCUT2D eigenvalue weighted by molar-refractivity contribution is 7.91. The van der Waals surface area contributed by atoms with Crippen LogP contribution in [-0.2, 0) is 35.5 Å². The van der Waals surface area contributed by atoms with Gasteiger partial charge in [0, 0.05) is 55.4 Å². The number of hydrogen-bond acceptors (Lipinski definition) is 8. The van der Waals surface area contributed by atoms with Gasteiger partial charge in [0.25, 0.3) is 5.62 Å². The minimum Gasteiger partial charge on any atom is -0.369 e. The second-order valence-corrected chi connectivity index (χ2v) is 12.0. The predicted molar refractivity (Wildman–Crippen MR) is 154 cm³/mol. The zero-order chi connectivity index (χ0) is 30.5. The van der Waals surface area contributed by atoms with E-state index < -0.39 is 27.5 Å². The number of alkyl halides is 3. The molecule has 0 fully saturated rings. The lowest BCUT2D eigenvalue weighted by atomic mass is 9.98. The van der Waals surface area contributed by atoms with Gasteiger partial charge in [0.15, 0.2) is 5.82 Å². The first-order valence-corrected chi connectivity index (χ1v) is 14.8. The van der Waals surface area contributed by atoms with E-state index in [4.69, 9.17) is 4.98 Å². The molecule has 0 amide bonds. The van der Waals surface area contributed by atoms with Crippen LogP contribution in [0.4, 0.5) is 30.5 Å². The molecule has 222 valence electrons.